The zero-order valence-electron chi connectivity index (χ0n) is 11.1. The fourth-order valence-electron chi connectivity index (χ4n) is 1.55. The minimum Gasteiger partial charge on any atom is -0.480 e. The van der Waals surface area contributed by atoms with Gasteiger partial charge in [0.15, 0.2) is 0 Å². The van der Waals surface area contributed by atoms with Crippen molar-refractivity contribution in [2.45, 2.75) is 26.4 Å². The third kappa shape index (κ3) is 4.70. The molecule has 0 heterocycles. The van der Waals surface area contributed by atoms with Crippen molar-refractivity contribution in [1.29, 1.82) is 0 Å². The molecule has 0 fully saturated rings. The number of nitrogens with one attached hydrogen (secondary N) is 2. The number of urea groups is 1. The van der Waals surface area contributed by atoms with E-state index in [9.17, 15) is 14.0 Å². The molecule has 0 spiro atoms. The van der Waals surface area contributed by atoms with Crippen LogP contribution in [0.1, 0.15) is 19.4 Å². The van der Waals surface area contributed by atoms with E-state index in [1.807, 2.05) is 0 Å². The van der Waals surface area contributed by atoms with E-state index >= 15 is 0 Å². The second-order valence-electron chi connectivity index (χ2n) is 4.62. The lowest BCUT2D eigenvalue weighted by molar-refractivity contribution is -0.140. The zero-order valence-corrected chi connectivity index (χ0v) is 11.9. The van der Waals surface area contributed by atoms with E-state index in [1.54, 1.807) is 13.8 Å². The van der Waals surface area contributed by atoms with Crippen molar-refractivity contribution in [1.82, 2.24) is 10.6 Å². The van der Waals surface area contributed by atoms with Crippen LogP contribution < -0.4 is 10.6 Å². The monoisotopic (exact) mass is 302 g/mol. The van der Waals surface area contributed by atoms with Gasteiger partial charge in [0.05, 0.1) is 0 Å². The average Bonchev–Trinajstić information content (AvgIpc) is 2.34. The molecule has 7 heteroatoms. The molecule has 1 aromatic carbocycles. The second-order valence-corrected chi connectivity index (χ2v) is 5.06. The first-order valence-electron chi connectivity index (χ1n) is 6.02. The maximum atomic E-state index is 13.5. The molecule has 1 rings (SSSR count). The summed E-state index contributed by atoms with van der Waals surface area (Å²) >= 11 is 5.61. The van der Waals surface area contributed by atoms with Gasteiger partial charge in [0, 0.05) is 17.1 Å². The van der Waals surface area contributed by atoms with Crippen LogP contribution in [-0.4, -0.2) is 23.1 Å². The van der Waals surface area contributed by atoms with Gasteiger partial charge in [-0.05, 0) is 18.1 Å². The fourth-order valence-corrected chi connectivity index (χ4v) is 1.71. The molecule has 0 aromatic heterocycles. The lowest BCUT2D eigenvalue weighted by Gasteiger charge is -2.18. The van der Waals surface area contributed by atoms with Gasteiger partial charge in [0.1, 0.15) is 11.9 Å². The Morgan fingerprint density at radius 3 is 2.55 bits per heavy atom. The molecule has 20 heavy (non-hydrogen) atoms. The van der Waals surface area contributed by atoms with Gasteiger partial charge in [-0.3, -0.25) is 0 Å². The van der Waals surface area contributed by atoms with Crippen LogP contribution in [0.25, 0.3) is 0 Å². The Bertz CT molecular complexity index is 508. The first-order chi connectivity index (χ1) is 9.31. The summed E-state index contributed by atoms with van der Waals surface area (Å²) < 4.78 is 13.5. The normalized spacial score (nSPS) is 12.1. The van der Waals surface area contributed by atoms with Gasteiger partial charge in [-0.15, -0.1) is 0 Å². The Morgan fingerprint density at radius 2 is 2.05 bits per heavy atom. The van der Waals surface area contributed by atoms with Crippen molar-refractivity contribution in [2.75, 3.05) is 0 Å². The van der Waals surface area contributed by atoms with Crippen LogP contribution in [0.4, 0.5) is 9.18 Å². The van der Waals surface area contributed by atoms with Crippen LogP contribution in [0.15, 0.2) is 18.2 Å². The molecule has 2 amide bonds. The van der Waals surface area contributed by atoms with Gasteiger partial charge in [-0.25, -0.2) is 14.0 Å². The molecule has 3 N–H and O–H groups in total. The summed E-state index contributed by atoms with van der Waals surface area (Å²) in [5.74, 6) is -1.91. The van der Waals surface area contributed by atoms with Crippen LogP contribution in [-0.2, 0) is 11.3 Å². The van der Waals surface area contributed by atoms with Gasteiger partial charge in [-0.1, -0.05) is 31.5 Å². The molecule has 0 aliphatic rings. The lowest BCUT2D eigenvalue weighted by Crippen LogP contribution is -2.48. The molecule has 5 nitrogen and oxygen atoms in total. The van der Waals surface area contributed by atoms with Gasteiger partial charge in [0.25, 0.3) is 0 Å². The van der Waals surface area contributed by atoms with E-state index in [0.29, 0.717) is 0 Å². The Balaban J connectivity index is 2.57. The molecule has 0 saturated carbocycles. The summed E-state index contributed by atoms with van der Waals surface area (Å²) in [6.45, 7) is 3.30. The topological polar surface area (TPSA) is 78.4 Å². The van der Waals surface area contributed by atoms with E-state index in [0.717, 1.165) is 6.07 Å². The van der Waals surface area contributed by atoms with Crippen molar-refractivity contribution < 1.29 is 19.1 Å². The average molecular weight is 303 g/mol. The molecule has 0 aliphatic heterocycles. The Kier molecular flexibility index (Phi) is 5.76. The molecule has 0 saturated heterocycles. The summed E-state index contributed by atoms with van der Waals surface area (Å²) in [6, 6.07) is 2.44. The number of hydrogen-bond acceptors (Lipinski definition) is 2. The second kappa shape index (κ2) is 7.09. The molecular weight excluding hydrogens is 287 g/mol. The van der Waals surface area contributed by atoms with Gasteiger partial charge in [0.2, 0.25) is 0 Å². The molecule has 1 unspecified atom stereocenters. The Hall–Kier alpha value is -1.82. The summed E-state index contributed by atoms with van der Waals surface area (Å²) in [6.07, 6.45) is 0. The Labute approximate surface area is 121 Å². The molecule has 1 aromatic rings. The number of amides is 2. The van der Waals surface area contributed by atoms with Gasteiger partial charge >= 0.3 is 12.0 Å². The Morgan fingerprint density at radius 1 is 1.40 bits per heavy atom. The van der Waals surface area contributed by atoms with Crippen LogP contribution in [0.2, 0.25) is 5.02 Å². The van der Waals surface area contributed by atoms with Crippen molar-refractivity contribution in [3.8, 4) is 0 Å². The maximum absolute atomic E-state index is 13.5. The smallest absolute Gasteiger partial charge is 0.326 e. The minimum atomic E-state index is -1.12. The highest BCUT2D eigenvalue weighted by atomic mass is 35.5. The highest BCUT2D eigenvalue weighted by molar-refractivity contribution is 6.30. The number of carbonyl (C=O) groups excluding carboxylic acids is 1. The maximum Gasteiger partial charge on any atom is 0.326 e. The number of benzene rings is 1. The third-order valence-corrected chi connectivity index (χ3v) is 2.91. The van der Waals surface area contributed by atoms with Crippen molar-refractivity contribution in [2.24, 2.45) is 5.92 Å². The summed E-state index contributed by atoms with van der Waals surface area (Å²) in [5.41, 5.74) is 0.265. The molecular formula is C13H16ClFN2O3. The van der Waals surface area contributed by atoms with Crippen molar-refractivity contribution >= 4 is 23.6 Å². The number of carbonyl (C=O) groups is 2. The van der Waals surface area contributed by atoms with E-state index in [4.69, 9.17) is 16.7 Å². The molecule has 0 bridgehead atoms. The van der Waals surface area contributed by atoms with Crippen molar-refractivity contribution in [3.05, 3.63) is 34.6 Å². The first-order valence-corrected chi connectivity index (χ1v) is 6.40. The van der Waals surface area contributed by atoms with E-state index in [-0.39, 0.29) is 23.0 Å². The third-order valence-electron chi connectivity index (χ3n) is 2.67. The highest BCUT2D eigenvalue weighted by Gasteiger charge is 2.23. The molecule has 0 aliphatic carbocycles. The number of carboxylic acid groups (broad SMARTS) is 1. The van der Waals surface area contributed by atoms with Crippen LogP contribution in [0.3, 0.4) is 0 Å². The number of aliphatic carboxylic acids is 1. The summed E-state index contributed by atoms with van der Waals surface area (Å²) in [5, 5.41) is 13.9. The van der Waals surface area contributed by atoms with Gasteiger partial charge < -0.3 is 15.7 Å². The van der Waals surface area contributed by atoms with E-state index < -0.39 is 23.9 Å². The predicted molar refractivity (Wildman–Crippen MR) is 73.0 cm³/mol. The van der Waals surface area contributed by atoms with E-state index in [1.165, 1.54) is 12.1 Å². The number of hydrogen-bond donors (Lipinski definition) is 3. The van der Waals surface area contributed by atoms with E-state index in [2.05, 4.69) is 10.6 Å². The van der Waals surface area contributed by atoms with Crippen molar-refractivity contribution in [3.63, 3.8) is 0 Å². The standard InChI is InChI=1S/C13H16ClFN2O3/c1-7(2)11(12(18)19)17-13(20)16-6-8-3-4-9(14)5-10(8)15/h3-5,7,11H,6H2,1-2H3,(H,18,19)(H2,16,17,20). The predicted octanol–water partition coefficient (Wildman–Crippen LogP) is 2.39. The van der Waals surface area contributed by atoms with Crippen LogP contribution in [0, 0.1) is 11.7 Å². The SMILES string of the molecule is CC(C)C(NC(=O)NCc1ccc(Cl)cc1F)C(=O)O. The lowest BCUT2D eigenvalue weighted by atomic mass is 10.1. The summed E-state index contributed by atoms with van der Waals surface area (Å²) in [4.78, 5) is 22.5. The largest absolute Gasteiger partial charge is 0.480 e. The number of halogens is 2. The summed E-state index contributed by atoms with van der Waals surface area (Å²) in [7, 11) is 0. The van der Waals surface area contributed by atoms with Gasteiger partial charge in [-0.2, -0.15) is 0 Å². The van der Waals surface area contributed by atoms with Crippen LogP contribution >= 0.6 is 11.6 Å². The minimum absolute atomic E-state index is 0.0563. The number of rotatable bonds is 5. The first kappa shape index (κ1) is 16.2. The highest BCUT2D eigenvalue weighted by Crippen LogP contribution is 2.14. The number of carboxylic acids is 1. The van der Waals surface area contributed by atoms with Crippen LogP contribution in [0.5, 0.6) is 0 Å². The fraction of sp³-hybridized carbons (Fsp3) is 0.385. The zero-order chi connectivity index (χ0) is 15.3. The molecule has 1 atom stereocenters. The quantitative estimate of drug-likeness (QED) is 0.781. The molecule has 110 valence electrons. The molecule has 0 radical (unpaired) electrons.